The number of carbonyl (C=O) groups excluding carboxylic acids is 1. The summed E-state index contributed by atoms with van der Waals surface area (Å²) >= 11 is 7.09. The standard InChI is InChI=1S/C15H15ClFNO2S/c1-15(2,3)20-14(19)13-10(18)7-11(21-13)12-8(16)5-4-6-9(12)17/h4-7H,18H2,1-3H3. The van der Waals surface area contributed by atoms with Crippen LogP contribution < -0.4 is 5.73 Å². The summed E-state index contributed by atoms with van der Waals surface area (Å²) in [5.41, 5.74) is 5.72. The van der Waals surface area contributed by atoms with Gasteiger partial charge < -0.3 is 10.5 Å². The van der Waals surface area contributed by atoms with Gasteiger partial charge in [0.1, 0.15) is 16.3 Å². The zero-order valence-electron chi connectivity index (χ0n) is 11.9. The van der Waals surface area contributed by atoms with E-state index in [1.807, 2.05) is 0 Å². The molecule has 0 aliphatic heterocycles. The first-order valence-corrected chi connectivity index (χ1v) is 7.45. The lowest BCUT2D eigenvalue weighted by Crippen LogP contribution is -2.23. The van der Waals surface area contributed by atoms with Crippen LogP contribution in [-0.4, -0.2) is 11.6 Å². The molecule has 0 aliphatic rings. The van der Waals surface area contributed by atoms with E-state index in [-0.39, 0.29) is 21.2 Å². The van der Waals surface area contributed by atoms with Crippen molar-refractivity contribution in [3.63, 3.8) is 0 Å². The van der Waals surface area contributed by atoms with E-state index >= 15 is 0 Å². The van der Waals surface area contributed by atoms with Crippen LogP contribution in [0.3, 0.4) is 0 Å². The van der Waals surface area contributed by atoms with Crippen LogP contribution in [0.2, 0.25) is 5.02 Å². The SMILES string of the molecule is CC(C)(C)OC(=O)c1sc(-c2c(F)cccc2Cl)cc1N. The third-order valence-corrected chi connectivity index (χ3v) is 4.02. The van der Waals surface area contributed by atoms with Crippen molar-refractivity contribution in [2.45, 2.75) is 26.4 Å². The Hall–Kier alpha value is -1.59. The molecule has 6 heteroatoms. The Morgan fingerprint density at radius 1 is 1.38 bits per heavy atom. The van der Waals surface area contributed by atoms with Gasteiger partial charge in [-0.2, -0.15) is 0 Å². The number of nitrogens with two attached hydrogens (primary N) is 1. The molecule has 0 aliphatic carbocycles. The number of halogens is 2. The molecule has 0 fully saturated rings. The van der Waals surface area contributed by atoms with Crippen molar-refractivity contribution in [3.8, 4) is 10.4 Å². The third-order valence-electron chi connectivity index (χ3n) is 2.55. The second-order valence-corrected chi connectivity index (χ2v) is 6.95. The maximum atomic E-state index is 13.9. The summed E-state index contributed by atoms with van der Waals surface area (Å²) in [6, 6.07) is 5.95. The second kappa shape index (κ2) is 5.66. The maximum Gasteiger partial charge on any atom is 0.350 e. The predicted octanol–water partition coefficient (Wildman–Crippen LogP) is 4.75. The van der Waals surface area contributed by atoms with Crippen LogP contribution in [-0.2, 0) is 4.74 Å². The molecule has 2 N–H and O–H groups in total. The monoisotopic (exact) mass is 327 g/mol. The number of rotatable bonds is 2. The van der Waals surface area contributed by atoms with Gasteiger partial charge in [0.2, 0.25) is 0 Å². The van der Waals surface area contributed by atoms with E-state index in [9.17, 15) is 9.18 Å². The Labute approximate surface area is 131 Å². The Balaban J connectivity index is 2.42. The molecule has 0 atom stereocenters. The van der Waals surface area contributed by atoms with Gasteiger partial charge in [0, 0.05) is 10.4 Å². The molecule has 112 valence electrons. The molecule has 0 spiro atoms. The van der Waals surface area contributed by atoms with Crippen LogP contribution in [0.1, 0.15) is 30.4 Å². The van der Waals surface area contributed by atoms with E-state index in [1.165, 1.54) is 18.2 Å². The fraction of sp³-hybridized carbons (Fsp3) is 0.267. The molecule has 0 saturated carbocycles. The average molecular weight is 328 g/mol. The van der Waals surface area contributed by atoms with Gasteiger partial charge in [-0.15, -0.1) is 11.3 Å². The lowest BCUT2D eigenvalue weighted by atomic mass is 10.1. The minimum Gasteiger partial charge on any atom is -0.456 e. The van der Waals surface area contributed by atoms with Crippen molar-refractivity contribution < 1.29 is 13.9 Å². The molecular formula is C15H15ClFNO2S. The van der Waals surface area contributed by atoms with Crippen LogP contribution in [0.25, 0.3) is 10.4 Å². The van der Waals surface area contributed by atoms with Crippen molar-refractivity contribution >= 4 is 34.6 Å². The smallest absolute Gasteiger partial charge is 0.350 e. The molecule has 2 aromatic rings. The van der Waals surface area contributed by atoms with Crippen molar-refractivity contribution in [1.29, 1.82) is 0 Å². The van der Waals surface area contributed by atoms with E-state index in [4.69, 9.17) is 22.1 Å². The lowest BCUT2D eigenvalue weighted by molar-refractivity contribution is 0.00764. The lowest BCUT2D eigenvalue weighted by Gasteiger charge is -2.18. The van der Waals surface area contributed by atoms with Crippen LogP contribution in [0.4, 0.5) is 10.1 Å². The molecule has 2 rings (SSSR count). The quantitative estimate of drug-likeness (QED) is 0.810. The summed E-state index contributed by atoms with van der Waals surface area (Å²) in [5, 5.41) is 0.270. The van der Waals surface area contributed by atoms with Gasteiger partial charge >= 0.3 is 5.97 Å². The average Bonchev–Trinajstić information content (AvgIpc) is 2.68. The zero-order chi connectivity index (χ0) is 15.8. The highest BCUT2D eigenvalue weighted by Gasteiger charge is 2.23. The van der Waals surface area contributed by atoms with Crippen molar-refractivity contribution in [2.24, 2.45) is 0 Å². The number of benzene rings is 1. The molecule has 0 amide bonds. The van der Waals surface area contributed by atoms with Crippen LogP contribution >= 0.6 is 22.9 Å². The van der Waals surface area contributed by atoms with Crippen molar-refractivity contribution in [1.82, 2.24) is 0 Å². The summed E-state index contributed by atoms with van der Waals surface area (Å²) < 4.78 is 19.2. The first-order chi connectivity index (χ1) is 9.69. The highest BCUT2D eigenvalue weighted by Crippen LogP contribution is 2.39. The van der Waals surface area contributed by atoms with Gasteiger partial charge in [-0.05, 0) is 39.0 Å². The molecule has 1 aromatic carbocycles. The molecule has 0 bridgehead atoms. The van der Waals surface area contributed by atoms with Crippen molar-refractivity contribution in [2.75, 3.05) is 5.73 Å². The zero-order valence-corrected chi connectivity index (χ0v) is 13.4. The van der Waals surface area contributed by atoms with Crippen LogP contribution in [0, 0.1) is 5.82 Å². The summed E-state index contributed by atoms with van der Waals surface area (Å²) in [4.78, 5) is 12.8. The number of carbonyl (C=O) groups is 1. The van der Waals surface area contributed by atoms with Crippen LogP contribution in [0.5, 0.6) is 0 Å². The van der Waals surface area contributed by atoms with Gasteiger partial charge in [0.25, 0.3) is 0 Å². The predicted molar refractivity (Wildman–Crippen MR) is 84.3 cm³/mol. The molecule has 0 unspecified atom stereocenters. The van der Waals surface area contributed by atoms with Crippen molar-refractivity contribution in [3.05, 3.63) is 40.0 Å². The molecule has 0 saturated heterocycles. The number of ether oxygens (including phenoxy) is 1. The Kier molecular flexibility index (Phi) is 4.25. The fourth-order valence-electron chi connectivity index (χ4n) is 1.75. The summed E-state index contributed by atoms with van der Waals surface area (Å²) in [6.07, 6.45) is 0. The number of nitrogen functional groups attached to an aromatic ring is 1. The highest BCUT2D eigenvalue weighted by atomic mass is 35.5. The van der Waals surface area contributed by atoms with Gasteiger partial charge in [-0.25, -0.2) is 9.18 Å². The van der Waals surface area contributed by atoms with E-state index in [0.29, 0.717) is 4.88 Å². The summed E-state index contributed by atoms with van der Waals surface area (Å²) in [5.74, 6) is -0.983. The van der Waals surface area contributed by atoms with E-state index in [1.54, 1.807) is 26.8 Å². The number of hydrogen-bond acceptors (Lipinski definition) is 4. The summed E-state index contributed by atoms with van der Waals surface area (Å²) in [7, 11) is 0. The minimum atomic E-state index is -0.622. The van der Waals surface area contributed by atoms with Gasteiger partial charge in [-0.1, -0.05) is 17.7 Å². The topological polar surface area (TPSA) is 52.3 Å². The first-order valence-electron chi connectivity index (χ1n) is 6.26. The van der Waals surface area contributed by atoms with Gasteiger partial charge in [-0.3, -0.25) is 0 Å². The number of thiophene rings is 1. The molecule has 21 heavy (non-hydrogen) atoms. The number of esters is 1. The Bertz CT molecular complexity index is 671. The summed E-state index contributed by atoms with van der Waals surface area (Å²) in [6.45, 7) is 5.30. The molecular weight excluding hydrogens is 313 g/mol. The second-order valence-electron chi connectivity index (χ2n) is 5.49. The van der Waals surface area contributed by atoms with E-state index in [2.05, 4.69) is 0 Å². The molecule has 3 nitrogen and oxygen atoms in total. The van der Waals surface area contributed by atoms with Gasteiger partial charge in [0.05, 0.1) is 10.7 Å². The third kappa shape index (κ3) is 3.54. The Morgan fingerprint density at radius 2 is 2.05 bits per heavy atom. The van der Waals surface area contributed by atoms with E-state index < -0.39 is 17.4 Å². The molecule has 0 radical (unpaired) electrons. The maximum absolute atomic E-state index is 13.9. The fourth-order valence-corrected chi connectivity index (χ4v) is 3.08. The van der Waals surface area contributed by atoms with Gasteiger partial charge in [0.15, 0.2) is 0 Å². The minimum absolute atomic E-state index is 0.241. The highest BCUT2D eigenvalue weighted by molar-refractivity contribution is 7.18. The van der Waals surface area contributed by atoms with E-state index in [0.717, 1.165) is 11.3 Å². The number of anilines is 1. The largest absolute Gasteiger partial charge is 0.456 e. The molecule has 1 heterocycles. The molecule has 1 aromatic heterocycles. The first kappa shape index (κ1) is 15.8. The normalized spacial score (nSPS) is 11.5. The number of hydrogen-bond donors (Lipinski definition) is 1. The van der Waals surface area contributed by atoms with Crippen LogP contribution in [0.15, 0.2) is 24.3 Å². The Morgan fingerprint density at radius 3 is 2.62 bits per heavy atom.